The number of carbonyl (C=O) groups excluding carboxylic acids is 3. The summed E-state index contributed by atoms with van der Waals surface area (Å²) in [5, 5.41) is 2.67. The molecule has 114 valence electrons. The van der Waals surface area contributed by atoms with Crippen LogP contribution >= 0.6 is 0 Å². The van der Waals surface area contributed by atoms with Crippen molar-refractivity contribution in [2.24, 2.45) is 0 Å². The van der Waals surface area contributed by atoms with Gasteiger partial charge in [-0.3, -0.25) is 9.59 Å². The maximum absolute atomic E-state index is 11.8. The molecule has 1 rings (SSSR count). The molecule has 0 unspecified atom stereocenters. The summed E-state index contributed by atoms with van der Waals surface area (Å²) in [6, 6.07) is 7.00. The molecule has 0 aliphatic heterocycles. The summed E-state index contributed by atoms with van der Waals surface area (Å²) < 4.78 is 9.90. The third-order valence-electron chi connectivity index (χ3n) is 2.59. The molecule has 1 aromatic rings. The average Bonchev–Trinajstić information content (AvgIpc) is 2.39. The molecule has 0 bridgehead atoms. The smallest absolute Gasteiger partial charge is 0.347 e. The Bertz CT molecular complexity index is 527. The van der Waals surface area contributed by atoms with Crippen LogP contribution in [0.15, 0.2) is 24.3 Å². The van der Waals surface area contributed by atoms with Crippen LogP contribution in [0, 0.1) is 0 Å². The largest absolute Gasteiger partial charge is 0.463 e. The van der Waals surface area contributed by atoms with Crippen molar-refractivity contribution in [3.63, 3.8) is 0 Å². The van der Waals surface area contributed by atoms with Crippen LogP contribution in [0.3, 0.4) is 0 Å². The van der Waals surface area contributed by atoms with E-state index >= 15 is 0 Å². The van der Waals surface area contributed by atoms with Gasteiger partial charge in [0.2, 0.25) is 12.0 Å². The molecule has 1 amide bonds. The number of esters is 2. The number of nitrogens with one attached hydrogen (secondary N) is 1. The van der Waals surface area contributed by atoms with Gasteiger partial charge in [0.05, 0.1) is 6.61 Å². The minimum atomic E-state index is -1.03. The van der Waals surface area contributed by atoms with Gasteiger partial charge in [0.15, 0.2) is 0 Å². The summed E-state index contributed by atoms with van der Waals surface area (Å²) in [5.41, 5.74) is 1.26. The standard InChI is InChI=1S/C15H19NO5/c1-4-20-15(19)14(21-11(3)18)9-12-7-5-6-8-13(12)16-10(2)17/h5-8,14H,4,9H2,1-3H3,(H,16,17)/t14-/m1/s1. The highest BCUT2D eigenvalue weighted by Crippen LogP contribution is 2.18. The molecule has 0 saturated heterocycles. The number of amides is 1. The van der Waals surface area contributed by atoms with Crippen LogP contribution in [0.1, 0.15) is 26.3 Å². The lowest BCUT2D eigenvalue weighted by molar-refractivity contribution is -0.166. The van der Waals surface area contributed by atoms with Crippen LogP contribution in [-0.4, -0.2) is 30.6 Å². The fraction of sp³-hybridized carbons (Fsp3) is 0.400. The van der Waals surface area contributed by atoms with Crippen LogP contribution in [0.25, 0.3) is 0 Å². The molecule has 0 spiro atoms. The van der Waals surface area contributed by atoms with Crippen molar-refractivity contribution in [1.82, 2.24) is 0 Å². The molecule has 1 N–H and O–H groups in total. The van der Waals surface area contributed by atoms with Crippen molar-refractivity contribution < 1.29 is 23.9 Å². The number of anilines is 1. The molecule has 6 heteroatoms. The van der Waals surface area contributed by atoms with Gasteiger partial charge in [-0.05, 0) is 18.6 Å². The first-order valence-corrected chi connectivity index (χ1v) is 6.63. The number of hydrogen-bond acceptors (Lipinski definition) is 5. The number of para-hydroxylation sites is 1. The van der Waals surface area contributed by atoms with E-state index in [4.69, 9.17) is 9.47 Å². The summed E-state index contributed by atoms with van der Waals surface area (Å²) in [4.78, 5) is 34.1. The van der Waals surface area contributed by atoms with E-state index < -0.39 is 18.0 Å². The van der Waals surface area contributed by atoms with Crippen molar-refractivity contribution in [2.75, 3.05) is 11.9 Å². The quantitative estimate of drug-likeness (QED) is 0.807. The maximum Gasteiger partial charge on any atom is 0.347 e. The zero-order valence-electron chi connectivity index (χ0n) is 12.3. The number of rotatable bonds is 6. The van der Waals surface area contributed by atoms with E-state index in [0.29, 0.717) is 11.3 Å². The fourth-order valence-electron chi connectivity index (χ4n) is 1.82. The van der Waals surface area contributed by atoms with Gasteiger partial charge in [0, 0.05) is 26.0 Å². The Balaban J connectivity index is 2.94. The molecule has 1 atom stereocenters. The van der Waals surface area contributed by atoms with Gasteiger partial charge in [0.1, 0.15) is 0 Å². The molecule has 6 nitrogen and oxygen atoms in total. The highest BCUT2D eigenvalue weighted by molar-refractivity contribution is 5.89. The van der Waals surface area contributed by atoms with Gasteiger partial charge in [-0.15, -0.1) is 0 Å². The lowest BCUT2D eigenvalue weighted by Gasteiger charge is -2.17. The van der Waals surface area contributed by atoms with Crippen LogP contribution in [0.5, 0.6) is 0 Å². The summed E-state index contributed by atoms with van der Waals surface area (Å²) in [6.45, 7) is 4.50. The molecular formula is C15H19NO5. The molecular weight excluding hydrogens is 274 g/mol. The molecule has 1 aromatic carbocycles. The lowest BCUT2D eigenvalue weighted by Crippen LogP contribution is -2.31. The Hall–Kier alpha value is -2.37. The average molecular weight is 293 g/mol. The zero-order chi connectivity index (χ0) is 15.8. The molecule has 0 aliphatic carbocycles. The van der Waals surface area contributed by atoms with E-state index in [-0.39, 0.29) is 18.9 Å². The number of carbonyl (C=O) groups is 3. The molecule has 0 radical (unpaired) electrons. The summed E-state index contributed by atoms with van der Waals surface area (Å²) >= 11 is 0. The zero-order valence-corrected chi connectivity index (χ0v) is 12.3. The Kier molecular flexibility index (Phi) is 6.39. The second-order valence-electron chi connectivity index (χ2n) is 4.39. The van der Waals surface area contributed by atoms with E-state index in [2.05, 4.69) is 5.32 Å². The summed E-state index contributed by atoms with van der Waals surface area (Å²) in [6.07, 6.45) is -0.896. The van der Waals surface area contributed by atoms with Gasteiger partial charge in [-0.1, -0.05) is 18.2 Å². The van der Waals surface area contributed by atoms with E-state index in [1.165, 1.54) is 13.8 Å². The van der Waals surface area contributed by atoms with Gasteiger partial charge in [0.25, 0.3) is 0 Å². The Labute approximate surface area is 123 Å². The lowest BCUT2D eigenvalue weighted by atomic mass is 10.1. The number of hydrogen-bond donors (Lipinski definition) is 1. The minimum Gasteiger partial charge on any atom is -0.463 e. The van der Waals surface area contributed by atoms with E-state index in [9.17, 15) is 14.4 Å². The first-order valence-electron chi connectivity index (χ1n) is 6.63. The summed E-state index contributed by atoms with van der Waals surface area (Å²) in [5.74, 6) is -1.39. The Morgan fingerprint density at radius 1 is 1.19 bits per heavy atom. The molecule has 21 heavy (non-hydrogen) atoms. The summed E-state index contributed by atoms with van der Waals surface area (Å²) in [7, 11) is 0. The monoisotopic (exact) mass is 293 g/mol. The van der Waals surface area contributed by atoms with Crippen molar-refractivity contribution in [1.29, 1.82) is 0 Å². The first-order chi connectivity index (χ1) is 9.93. The van der Waals surface area contributed by atoms with E-state index in [1.54, 1.807) is 31.2 Å². The topological polar surface area (TPSA) is 81.7 Å². The predicted octanol–water partition coefficient (Wildman–Crippen LogP) is 1.68. The third-order valence-corrected chi connectivity index (χ3v) is 2.59. The predicted molar refractivity (Wildman–Crippen MR) is 76.6 cm³/mol. The minimum absolute atomic E-state index is 0.134. The van der Waals surface area contributed by atoms with E-state index in [1.807, 2.05) is 0 Å². The molecule has 0 saturated carbocycles. The number of ether oxygens (including phenoxy) is 2. The van der Waals surface area contributed by atoms with Crippen molar-refractivity contribution in [3.8, 4) is 0 Å². The fourth-order valence-corrected chi connectivity index (χ4v) is 1.82. The van der Waals surface area contributed by atoms with Crippen molar-refractivity contribution >= 4 is 23.5 Å². The van der Waals surface area contributed by atoms with Gasteiger partial charge in [-0.25, -0.2) is 4.79 Å². The van der Waals surface area contributed by atoms with Crippen LogP contribution in [-0.2, 0) is 30.3 Å². The van der Waals surface area contributed by atoms with E-state index in [0.717, 1.165) is 0 Å². The molecule has 0 aliphatic rings. The van der Waals surface area contributed by atoms with Gasteiger partial charge < -0.3 is 14.8 Å². The van der Waals surface area contributed by atoms with Gasteiger partial charge in [-0.2, -0.15) is 0 Å². The second kappa shape index (κ2) is 8.04. The second-order valence-corrected chi connectivity index (χ2v) is 4.39. The van der Waals surface area contributed by atoms with Crippen LogP contribution < -0.4 is 5.32 Å². The molecule has 0 heterocycles. The van der Waals surface area contributed by atoms with Gasteiger partial charge >= 0.3 is 11.9 Å². The molecule has 0 fully saturated rings. The van der Waals surface area contributed by atoms with Crippen molar-refractivity contribution in [2.45, 2.75) is 33.3 Å². The van der Waals surface area contributed by atoms with Crippen LogP contribution in [0.4, 0.5) is 5.69 Å². The Morgan fingerprint density at radius 3 is 2.43 bits per heavy atom. The highest BCUT2D eigenvalue weighted by atomic mass is 16.6. The highest BCUT2D eigenvalue weighted by Gasteiger charge is 2.24. The third kappa shape index (κ3) is 5.64. The normalized spacial score (nSPS) is 11.4. The SMILES string of the molecule is CCOC(=O)[C@@H](Cc1ccccc1NC(C)=O)OC(C)=O. The van der Waals surface area contributed by atoms with Crippen LogP contribution in [0.2, 0.25) is 0 Å². The number of benzene rings is 1. The first kappa shape index (κ1) is 16.7. The molecule has 0 aromatic heterocycles. The Morgan fingerprint density at radius 2 is 1.86 bits per heavy atom. The maximum atomic E-state index is 11.8. The van der Waals surface area contributed by atoms with Crippen molar-refractivity contribution in [3.05, 3.63) is 29.8 Å².